The monoisotopic (exact) mass is 342 g/mol. The van der Waals surface area contributed by atoms with Crippen molar-refractivity contribution in [3.8, 4) is 0 Å². The third-order valence-electron chi connectivity index (χ3n) is 4.97. The van der Waals surface area contributed by atoms with Gasteiger partial charge in [-0.3, -0.25) is 9.48 Å². The molecule has 1 aromatic carbocycles. The number of nitrogens with zero attached hydrogens (tertiary/aromatic N) is 2. The van der Waals surface area contributed by atoms with Gasteiger partial charge in [-0.05, 0) is 12.1 Å². The molecule has 1 saturated carbocycles. The highest BCUT2D eigenvalue weighted by Crippen LogP contribution is 2.44. The number of nitrogens with two attached hydrogens (primary N) is 1. The number of aromatic nitrogens is 2. The van der Waals surface area contributed by atoms with E-state index >= 15 is 0 Å². The average molecular weight is 342 g/mol. The zero-order valence-corrected chi connectivity index (χ0v) is 13.6. The molecule has 1 amide bonds. The second-order valence-electron chi connectivity index (χ2n) is 6.47. The molecule has 1 aliphatic carbocycles. The minimum atomic E-state index is -0.330. The van der Waals surface area contributed by atoms with Gasteiger partial charge in [0.2, 0.25) is 0 Å². The Labute approximate surface area is 144 Å². The van der Waals surface area contributed by atoms with Crippen molar-refractivity contribution in [1.82, 2.24) is 15.1 Å². The predicted octanol–water partition coefficient (Wildman–Crippen LogP) is 1.67. The standard InChI is InChI=1S/C18H19FN4O2/c1-2-14-15(20)17(18(24)21-16-11-8-25-9-12(11)16)22-23(14)7-10-5-3-4-6-13(10)19/h2-6,11-12,16H,1,7-9,20H2,(H,21,24)/t11-,12+,16-. The average Bonchev–Trinajstić information content (AvgIpc) is 2.96. The van der Waals surface area contributed by atoms with Crippen LogP contribution in [0, 0.1) is 17.7 Å². The summed E-state index contributed by atoms with van der Waals surface area (Å²) in [5, 5.41) is 7.27. The number of benzene rings is 1. The molecule has 3 atom stereocenters. The fourth-order valence-corrected chi connectivity index (χ4v) is 3.45. The van der Waals surface area contributed by atoms with Gasteiger partial charge in [-0.2, -0.15) is 5.10 Å². The second-order valence-corrected chi connectivity index (χ2v) is 6.47. The van der Waals surface area contributed by atoms with E-state index in [0.717, 1.165) is 0 Å². The number of fused-ring (bicyclic) bond motifs is 1. The van der Waals surface area contributed by atoms with E-state index in [1.54, 1.807) is 18.2 Å². The van der Waals surface area contributed by atoms with Crippen LogP contribution in [0.25, 0.3) is 6.08 Å². The molecule has 6 nitrogen and oxygen atoms in total. The molecule has 130 valence electrons. The maximum Gasteiger partial charge on any atom is 0.274 e. The minimum absolute atomic E-state index is 0.129. The van der Waals surface area contributed by atoms with Crippen molar-refractivity contribution in [2.24, 2.45) is 11.8 Å². The van der Waals surface area contributed by atoms with Crippen molar-refractivity contribution >= 4 is 17.7 Å². The maximum atomic E-state index is 13.9. The fourth-order valence-electron chi connectivity index (χ4n) is 3.45. The summed E-state index contributed by atoms with van der Waals surface area (Å²) >= 11 is 0. The van der Waals surface area contributed by atoms with Gasteiger partial charge < -0.3 is 15.8 Å². The second kappa shape index (κ2) is 6.00. The first-order valence-corrected chi connectivity index (χ1v) is 8.21. The molecular weight excluding hydrogens is 323 g/mol. The van der Waals surface area contributed by atoms with Gasteiger partial charge in [-0.25, -0.2) is 4.39 Å². The Bertz CT molecular complexity index is 838. The number of rotatable bonds is 5. The third kappa shape index (κ3) is 2.70. The van der Waals surface area contributed by atoms with Gasteiger partial charge in [0, 0.05) is 23.4 Å². The number of carbonyl (C=O) groups is 1. The summed E-state index contributed by atoms with van der Waals surface area (Å²) in [5.74, 6) is 0.143. The molecule has 3 N–H and O–H groups in total. The molecule has 1 aromatic heterocycles. The van der Waals surface area contributed by atoms with Crippen molar-refractivity contribution in [2.75, 3.05) is 18.9 Å². The fraction of sp³-hybridized carbons (Fsp3) is 0.333. The molecule has 0 radical (unpaired) electrons. The van der Waals surface area contributed by atoms with Gasteiger partial charge in [0.25, 0.3) is 5.91 Å². The van der Waals surface area contributed by atoms with E-state index in [-0.39, 0.29) is 35.7 Å². The molecule has 0 unspecified atom stereocenters. The van der Waals surface area contributed by atoms with Crippen LogP contribution in [-0.2, 0) is 11.3 Å². The van der Waals surface area contributed by atoms with E-state index in [1.807, 2.05) is 0 Å². The highest BCUT2D eigenvalue weighted by atomic mass is 19.1. The number of hydrogen-bond donors (Lipinski definition) is 2. The van der Waals surface area contributed by atoms with Gasteiger partial charge in [-0.15, -0.1) is 0 Å². The molecule has 2 heterocycles. The zero-order valence-electron chi connectivity index (χ0n) is 13.6. The first-order chi connectivity index (χ1) is 12.1. The molecule has 4 rings (SSSR count). The van der Waals surface area contributed by atoms with Crippen LogP contribution in [-0.4, -0.2) is 34.9 Å². The molecule has 25 heavy (non-hydrogen) atoms. The lowest BCUT2D eigenvalue weighted by atomic mass is 10.2. The highest BCUT2D eigenvalue weighted by Gasteiger charge is 2.55. The van der Waals surface area contributed by atoms with E-state index in [4.69, 9.17) is 10.5 Å². The summed E-state index contributed by atoms with van der Waals surface area (Å²) in [7, 11) is 0. The van der Waals surface area contributed by atoms with Gasteiger partial charge in [0.15, 0.2) is 5.69 Å². The Morgan fingerprint density at radius 2 is 2.16 bits per heavy atom. The van der Waals surface area contributed by atoms with Crippen LogP contribution in [0.1, 0.15) is 21.7 Å². The number of amides is 1. The van der Waals surface area contributed by atoms with Crippen LogP contribution in [0.4, 0.5) is 10.1 Å². The predicted molar refractivity (Wildman–Crippen MR) is 91.3 cm³/mol. The molecule has 2 aromatic rings. The quantitative estimate of drug-likeness (QED) is 0.866. The zero-order chi connectivity index (χ0) is 17.6. The summed E-state index contributed by atoms with van der Waals surface area (Å²) in [6.45, 7) is 5.27. The Morgan fingerprint density at radius 3 is 2.84 bits per heavy atom. The van der Waals surface area contributed by atoms with Gasteiger partial charge in [0.05, 0.1) is 31.1 Å². The van der Waals surface area contributed by atoms with Crippen molar-refractivity contribution in [2.45, 2.75) is 12.6 Å². The van der Waals surface area contributed by atoms with Crippen molar-refractivity contribution < 1.29 is 13.9 Å². The van der Waals surface area contributed by atoms with Crippen LogP contribution in [0.3, 0.4) is 0 Å². The number of nitrogens with one attached hydrogen (secondary N) is 1. The van der Waals surface area contributed by atoms with E-state index in [0.29, 0.717) is 36.3 Å². The summed E-state index contributed by atoms with van der Waals surface area (Å²) in [6.07, 6.45) is 1.53. The molecule has 7 heteroatoms. The normalized spacial score (nSPS) is 24.0. The number of carbonyl (C=O) groups excluding carboxylic acids is 1. The Kier molecular flexibility index (Phi) is 3.80. The van der Waals surface area contributed by atoms with E-state index in [1.165, 1.54) is 16.8 Å². The topological polar surface area (TPSA) is 82.2 Å². The first-order valence-electron chi connectivity index (χ1n) is 8.21. The summed E-state index contributed by atoms with van der Waals surface area (Å²) in [5.41, 5.74) is 7.46. The van der Waals surface area contributed by atoms with Crippen molar-refractivity contribution in [1.29, 1.82) is 0 Å². The molecule has 2 fully saturated rings. The van der Waals surface area contributed by atoms with Crippen LogP contribution >= 0.6 is 0 Å². The molecule has 1 saturated heterocycles. The molecule has 2 aliphatic rings. The number of anilines is 1. The summed E-state index contributed by atoms with van der Waals surface area (Å²) in [6, 6.07) is 6.56. The largest absolute Gasteiger partial charge is 0.395 e. The lowest BCUT2D eigenvalue weighted by Crippen LogP contribution is -2.30. The SMILES string of the molecule is C=Cc1c(N)c(C(=O)N[C@@H]2[C@@H]3COC[C@@H]32)nn1Cc1ccccc1F. The molecule has 1 aliphatic heterocycles. The van der Waals surface area contributed by atoms with Crippen LogP contribution in [0.5, 0.6) is 0 Å². The third-order valence-corrected chi connectivity index (χ3v) is 4.97. The lowest BCUT2D eigenvalue weighted by Gasteiger charge is -2.06. The number of halogens is 1. The first kappa shape index (κ1) is 15.8. The Morgan fingerprint density at radius 1 is 1.44 bits per heavy atom. The van der Waals surface area contributed by atoms with Gasteiger partial charge >= 0.3 is 0 Å². The maximum absolute atomic E-state index is 13.9. The van der Waals surface area contributed by atoms with Gasteiger partial charge in [-0.1, -0.05) is 24.8 Å². The van der Waals surface area contributed by atoms with Crippen LogP contribution < -0.4 is 11.1 Å². The van der Waals surface area contributed by atoms with E-state index < -0.39 is 0 Å². The summed E-state index contributed by atoms with van der Waals surface area (Å²) in [4.78, 5) is 12.5. The van der Waals surface area contributed by atoms with Gasteiger partial charge in [0.1, 0.15) is 5.82 Å². The minimum Gasteiger partial charge on any atom is -0.395 e. The number of hydrogen-bond acceptors (Lipinski definition) is 4. The number of nitrogen functional groups attached to an aromatic ring is 1. The Hall–Kier alpha value is -2.67. The highest BCUT2D eigenvalue weighted by molar-refractivity contribution is 5.99. The van der Waals surface area contributed by atoms with Crippen LogP contribution in [0.15, 0.2) is 30.8 Å². The molecule has 0 spiro atoms. The molecular formula is C18H19FN4O2. The summed E-state index contributed by atoms with van der Waals surface area (Å²) < 4.78 is 20.7. The van der Waals surface area contributed by atoms with E-state index in [2.05, 4.69) is 17.0 Å². The van der Waals surface area contributed by atoms with Crippen LogP contribution in [0.2, 0.25) is 0 Å². The van der Waals surface area contributed by atoms with Crippen molar-refractivity contribution in [3.05, 3.63) is 53.6 Å². The van der Waals surface area contributed by atoms with E-state index in [9.17, 15) is 9.18 Å². The molecule has 0 bridgehead atoms. The Balaban J connectivity index is 1.57. The number of ether oxygens (including phenoxy) is 1. The smallest absolute Gasteiger partial charge is 0.274 e. The van der Waals surface area contributed by atoms with Crippen molar-refractivity contribution in [3.63, 3.8) is 0 Å². The lowest BCUT2D eigenvalue weighted by molar-refractivity contribution is 0.0924.